The molecule has 0 unspecified atom stereocenters. The van der Waals surface area contributed by atoms with Gasteiger partial charge in [-0.3, -0.25) is 14.6 Å². The molecule has 0 aliphatic heterocycles. The van der Waals surface area contributed by atoms with Crippen molar-refractivity contribution < 1.29 is 9.59 Å². The van der Waals surface area contributed by atoms with Crippen LogP contribution >= 0.6 is 0 Å². The molecule has 1 saturated carbocycles. The fraction of sp³-hybridized carbons (Fsp3) is 0.409. The monoisotopic (exact) mass is 365 g/mol. The molecule has 2 aromatic rings. The van der Waals surface area contributed by atoms with Crippen molar-refractivity contribution >= 4 is 17.5 Å². The molecule has 0 bridgehead atoms. The van der Waals surface area contributed by atoms with Crippen molar-refractivity contribution in [3.05, 3.63) is 59.9 Å². The Kier molecular flexibility index (Phi) is 6.58. The maximum atomic E-state index is 13.0. The standard InChI is InChI=1S/C22H27N3O2/c1-25(20-12-5-3-2-4-6-13-20)22(27)17-9-7-11-19(15-17)24-21(26)18-10-8-14-23-16-18/h7-11,14-16,20H,2-6,12-13H2,1H3,(H,24,26). The Morgan fingerprint density at radius 2 is 1.70 bits per heavy atom. The van der Waals surface area contributed by atoms with Crippen LogP contribution in [0, 0.1) is 0 Å². The van der Waals surface area contributed by atoms with E-state index >= 15 is 0 Å². The number of rotatable bonds is 4. The molecule has 1 aliphatic carbocycles. The molecule has 142 valence electrons. The number of nitrogens with one attached hydrogen (secondary N) is 1. The Bertz CT molecular complexity index is 768. The third-order valence-electron chi connectivity index (χ3n) is 5.23. The molecule has 2 amide bonds. The molecule has 1 heterocycles. The van der Waals surface area contributed by atoms with Gasteiger partial charge >= 0.3 is 0 Å². The summed E-state index contributed by atoms with van der Waals surface area (Å²) in [5.41, 5.74) is 1.70. The van der Waals surface area contributed by atoms with Crippen LogP contribution in [0.4, 0.5) is 5.69 Å². The van der Waals surface area contributed by atoms with Gasteiger partial charge in [-0.25, -0.2) is 0 Å². The Balaban J connectivity index is 1.68. The zero-order chi connectivity index (χ0) is 19.1. The van der Waals surface area contributed by atoms with Crippen molar-refractivity contribution in [3.63, 3.8) is 0 Å². The van der Waals surface area contributed by atoms with E-state index in [2.05, 4.69) is 10.3 Å². The first-order chi connectivity index (χ1) is 13.1. The van der Waals surface area contributed by atoms with Gasteiger partial charge in [-0.05, 0) is 43.2 Å². The van der Waals surface area contributed by atoms with Gasteiger partial charge in [0.1, 0.15) is 0 Å². The number of amides is 2. The molecular weight excluding hydrogens is 338 g/mol. The lowest BCUT2D eigenvalue weighted by atomic mass is 9.95. The largest absolute Gasteiger partial charge is 0.339 e. The zero-order valence-corrected chi connectivity index (χ0v) is 15.9. The van der Waals surface area contributed by atoms with Crippen molar-refractivity contribution in [1.29, 1.82) is 0 Å². The molecule has 5 heteroatoms. The molecule has 27 heavy (non-hydrogen) atoms. The smallest absolute Gasteiger partial charge is 0.257 e. The topological polar surface area (TPSA) is 62.3 Å². The molecule has 1 aliphatic rings. The van der Waals surface area contributed by atoms with E-state index in [1.807, 2.05) is 18.0 Å². The Labute approximate surface area is 160 Å². The molecule has 0 saturated heterocycles. The fourth-order valence-electron chi connectivity index (χ4n) is 3.62. The first-order valence-electron chi connectivity index (χ1n) is 9.74. The predicted octanol–water partition coefficient (Wildman–Crippen LogP) is 4.52. The summed E-state index contributed by atoms with van der Waals surface area (Å²) in [6.07, 6.45) is 11.5. The highest BCUT2D eigenvalue weighted by atomic mass is 16.2. The lowest BCUT2D eigenvalue weighted by Crippen LogP contribution is -2.37. The highest BCUT2D eigenvalue weighted by molar-refractivity contribution is 6.04. The number of hydrogen-bond acceptors (Lipinski definition) is 3. The molecule has 1 fully saturated rings. The van der Waals surface area contributed by atoms with Crippen molar-refractivity contribution in [2.24, 2.45) is 0 Å². The number of carbonyl (C=O) groups excluding carboxylic acids is 2. The Hall–Kier alpha value is -2.69. The van der Waals surface area contributed by atoms with E-state index in [4.69, 9.17) is 0 Å². The van der Waals surface area contributed by atoms with Gasteiger partial charge in [0.25, 0.3) is 11.8 Å². The van der Waals surface area contributed by atoms with Gasteiger partial charge in [0.05, 0.1) is 5.56 Å². The second-order valence-corrected chi connectivity index (χ2v) is 7.19. The van der Waals surface area contributed by atoms with Gasteiger partial charge in [0.15, 0.2) is 0 Å². The Morgan fingerprint density at radius 3 is 2.41 bits per heavy atom. The minimum absolute atomic E-state index is 0.0121. The van der Waals surface area contributed by atoms with Crippen LogP contribution in [0.2, 0.25) is 0 Å². The van der Waals surface area contributed by atoms with E-state index in [9.17, 15) is 9.59 Å². The van der Waals surface area contributed by atoms with Gasteiger partial charge in [0.2, 0.25) is 0 Å². The summed E-state index contributed by atoms with van der Waals surface area (Å²) in [5, 5.41) is 2.84. The summed E-state index contributed by atoms with van der Waals surface area (Å²) < 4.78 is 0. The van der Waals surface area contributed by atoms with Crippen LogP contribution < -0.4 is 5.32 Å². The second kappa shape index (κ2) is 9.31. The number of pyridine rings is 1. The molecule has 0 radical (unpaired) electrons. The van der Waals surface area contributed by atoms with E-state index in [0.29, 0.717) is 22.9 Å². The normalized spacial score (nSPS) is 15.4. The van der Waals surface area contributed by atoms with Crippen LogP contribution in [-0.4, -0.2) is 34.8 Å². The molecule has 1 N–H and O–H groups in total. The maximum Gasteiger partial charge on any atom is 0.257 e. The van der Waals surface area contributed by atoms with Gasteiger partial charge in [-0.15, -0.1) is 0 Å². The maximum absolute atomic E-state index is 13.0. The van der Waals surface area contributed by atoms with E-state index in [-0.39, 0.29) is 11.8 Å². The summed E-state index contributed by atoms with van der Waals surface area (Å²) >= 11 is 0. The molecule has 1 aromatic heterocycles. The van der Waals surface area contributed by atoms with Crippen molar-refractivity contribution in [2.75, 3.05) is 12.4 Å². The zero-order valence-electron chi connectivity index (χ0n) is 15.9. The average Bonchev–Trinajstić information content (AvgIpc) is 2.67. The Morgan fingerprint density at radius 1 is 1.00 bits per heavy atom. The van der Waals surface area contributed by atoms with E-state index in [0.717, 1.165) is 12.8 Å². The van der Waals surface area contributed by atoms with E-state index < -0.39 is 0 Å². The van der Waals surface area contributed by atoms with Crippen LogP contribution in [0.15, 0.2) is 48.8 Å². The van der Waals surface area contributed by atoms with Crippen LogP contribution in [0.5, 0.6) is 0 Å². The fourth-order valence-corrected chi connectivity index (χ4v) is 3.62. The third-order valence-corrected chi connectivity index (χ3v) is 5.23. The molecule has 5 nitrogen and oxygen atoms in total. The third kappa shape index (κ3) is 5.16. The average molecular weight is 365 g/mol. The highest BCUT2D eigenvalue weighted by Crippen LogP contribution is 2.22. The van der Waals surface area contributed by atoms with Crippen LogP contribution in [0.3, 0.4) is 0 Å². The number of aromatic nitrogens is 1. The molecule has 3 rings (SSSR count). The number of benzene rings is 1. The number of carbonyl (C=O) groups is 2. The van der Waals surface area contributed by atoms with E-state index in [1.165, 1.54) is 38.3 Å². The van der Waals surface area contributed by atoms with Crippen LogP contribution in [0.1, 0.15) is 65.7 Å². The lowest BCUT2D eigenvalue weighted by Gasteiger charge is -2.30. The first-order valence-corrected chi connectivity index (χ1v) is 9.74. The van der Waals surface area contributed by atoms with Crippen LogP contribution in [0.25, 0.3) is 0 Å². The summed E-state index contributed by atoms with van der Waals surface area (Å²) in [6.45, 7) is 0. The minimum atomic E-state index is -0.235. The van der Waals surface area contributed by atoms with Gasteiger partial charge in [-0.2, -0.15) is 0 Å². The quantitative estimate of drug-likeness (QED) is 0.866. The SMILES string of the molecule is CN(C(=O)c1cccc(NC(=O)c2cccnc2)c1)C1CCCCCCC1. The number of nitrogens with zero attached hydrogens (tertiary/aromatic N) is 2. The van der Waals surface area contributed by atoms with Gasteiger partial charge in [0, 0.05) is 36.7 Å². The van der Waals surface area contributed by atoms with Crippen molar-refractivity contribution in [1.82, 2.24) is 9.88 Å². The lowest BCUT2D eigenvalue weighted by molar-refractivity contribution is 0.0706. The number of anilines is 1. The summed E-state index contributed by atoms with van der Waals surface area (Å²) in [6, 6.07) is 10.9. The molecule has 0 atom stereocenters. The van der Waals surface area contributed by atoms with E-state index in [1.54, 1.807) is 36.5 Å². The summed E-state index contributed by atoms with van der Waals surface area (Å²) in [7, 11) is 1.90. The first kappa shape index (κ1) is 19.1. The molecule has 0 spiro atoms. The number of hydrogen-bond donors (Lipinski definition) is 1. The van der Waals surface area contributed by atoms with Gasteiger partial charge in [-0.1, -0.05) is 38.2 Å². The second-order valence-electron chi connectivity index (χ2n) is 7.19. The highest BCUT2D eigenvalue weighted by Gasteiger charge is 2.22. The minimum Gasteiger partial charge on any atom is -0.339 e. The summed E-state index contributed by atoms with van der Waals surface area (Å²) in [4.78, 5) is 31.1. The van der Waals surface area contributed by atoms with Crippen molar-refractivity contribution in [2.45, 2.75) is 51.0 Å². The predicted molar refractivity (Wildman–Crippen MR) is 107 cm³/mol. The van der Waals surface area contributed by atoms with Crippen molar-refractivity contribution in [3.8, 4) is 0 Å². The summed E-state index contributed by atoms with van der Waals surface area (Å²) in [5.74, 6) is -0.223. The molecule has 1 aromatic carbocycles. The molecular formula is C22H27N3O2. The van der Waals surface area contributed by atoms with Gasteiger partial charge < -0.3 is 10.2 Å². The van der Waals surface area contributed by atoms with Crippen LogP contribution in [-0.2, 0) is 0 Å².